The van der Waals surface area contributed by atoms with Crippen molar-refractivity contribution < 1.29 is 38.1 Å². The van der Waals surface area contributed by atoms with E-state index in [-0.39, 0.29) is 29.7 Å². The molecule has 1 aromatic carbocycles. The largest absolute Gasteiger partial charge is 0.790 e. The number of benzene rings is 1. The number of amides is 4. The van der Waals surface area contributed by atoms with Crippen LogP contribution in [-0.2, 0) is 18.7 Å². The molecule has 11 nitrogen and oxygen atoms in total. The van der Waals surface area contributed by atoms with E-state index >= 15 is 0 Å². The van der Waals surface area contributed by atoms with Gasteiger partial charge in [-0.05, 0) is 18.6 Å². The van der Waals surface area contributed by atoms with Gasteiger partial charge in [-0.3, -0.25) is 29.0 Å². The maximum atomic E-state index is 12.6. The van der Waals surface area contributed by atoms with Gasteiger partial charge in [0.25, 0.3) is 17.7 Å². The molecule has 0 bridgehead atoms. The zero-order chi connectivity index (χ0) is 19.2. The number of carbonyl (C=O) groups excluding carboxylic acids is 4. The molecule has 0 aromatic heterocycles. The van der Waals surface area contributed by atoms with Crippen molar-refractivity contribution in [3.63, 3.8) is 0 Å². The lowest BCUT2D eigenvalue weighted by Crippen LogP contribution is -2.56. The van der Waals surface area contributed by atoms with E-state index in [0.29, 0.717) is 9.80 Å². The van der Waals surface area contributed by atoms with Crippen molar-refractivity contribution in [2.75, 3.05) is 12.5 Å². The molecular weight excluding hydrogens is 369 g/mol. The Morgan fingerprint density at radius 3 is 2.50 bits per heavy atom. The number of anilines is 1. The van der Waals surface area contributed by atoms with E-state index in [1.54, 1.807) is 0 Å². The van der Waals surface area contributed by atoms with Crippen molar-refractivity contribution in [1.29, 1.82) is 0 Å². The van der Waals surface area contributed by atoms with Gasteiger partial charge in [-0.2, -0.15) is 0 Å². The topological polar surface area (TPSA) is 173 Å². The van der Waals surface area contributed by atoms with Gasteiger partial charge < -0.3 is 24.6 Å². The quantitative estimate of drug-likeness (QED) is 0.358. The van der Waals surface area contributed by atoms with Crippen LogP contribution in [0.4, 0.5) is 5.69 Å². The highest BCUT2D eigenvalue weighted by Gasteiger charge is 2.47. The average Bonchev–Trinajstić information content (AvgIpc) is 2.79. The highest BCUT2D eigenvalue weighted by atomic mass is 31.2. The number of fused-ring (bicyclic) bond motifs is 1. The molecule has 2 heterocycles. The summed E-state index contributed by atoms with van der Waals surface area (Å²) in [5.41, 5.74) is 5.80. The molecule has 2 aliphatic rings. The van der Waals surface area contributed by atoms with Crippen molar-refractivity contribution in [3.8, 4) is 0 Å². The maximum Gasteiger partial charge on any atom is 0.264 e. The van der Waals surface area contributed by atoms with Crippen molar-refractivity contribution >= 4 is 37.1 Å². The third-order valence-corrected chi connectivity index (χ3v) is 4.55. The third kappa shape index (κ3) is 3.01. The van der Waals surface area contributed by atoms with Crippen LogP contribution in [0.1, 0.15) is 33.6 Å². The lowest BCUT2D eigenvalue weighted by atomic mass is 10.0. The maximum absolute atomic E-state index is 12.6. The molecule has 1 fully saturated rings. The summed E-state index contributed by atoms with van der Waals surface area (Å²) in [7, 11) is -5.42. The summed E-state index contributed by atoms with van der Waals surface area (Å²) in [5.74, 6) is -3.32. The first-order chi connectivity index (χ1) is 12.1. The molecule has 4 amide bonds. The van der Waals surface area contributed by atoms with Gasteiger partial charge in [0.15, 0.2) is 0 Å². The Hall–Kier alpha value is -2.59. The van der Waals surface area contributed by atoms with Crippen LogP contribution in [0.25, 0.3) is 0 Å². The standard InChI is InChI=1S/C14H14N3O8P/c15-8-3-1-2-7-11(8)14(21)17(12(7)19)9-4-5-10(18)16(13(9)20)6-25-26(22,23)24/h1-3,9H,4-6,15H2,(H2,22,23,24)/p-2. The second kappa shape index (κ2) is 6.29. The first kappa shape index (κ1) is 18.2. The molecular formula is C14H12N3O8P-2. The summed E-state index contributed by atoms with van der Waals surface area (Å²) in [5, 5.41) is 0. The Morgan fingerprint density at radius 2 is 1.88 bits per heavy atom. The van der Waals surface area contributed by atoms with Crippen molar-refractivity contribution in [3.05, 3.63) is 29.3 Å². The van der Waals surface area contributed by atoms with Gasteiger partial charge in [0.2, 0.25) is 5.91 Å². The fraction of sp³-hybridized carbons (Fsp3) is 0.286. The first-order valence-corrected chi connectivity index (χ1v) is 8.85. The minimum atomic E-state index is -5.42. The second-order valence-electron chi connectivity index (χ2n) is 5.67. The average molecular weight is 381 g/mol. The minimum Gasteiger partial charge on any atom is -0.790 e. The molecule has 0 radical (unpaired) electrons. The van der Waals surface area contributed by atoms with Crippen molar-refractivity contribution in [2.45, 2.75) is 18.9 Å². The summed E-state index contributed by atoms with van der Waals surface area (Å²) in [4.78, 5) is 71.7. The predicted molar refractivity (Wildman–Crippen MR) is 79.8 cm³/mol. The number of piperidine rings is 1. The second-order valence-corrected chi connectivity index (χ2v) is 6.82. The zero-order valence-corrected chi connectivity index (χ0v) is 14.0. The summed E-state index contributed by atoms with van der Waals surface area (Å²) in [6, 6.07) is 2.96. The molecule has 138 valence electrons. The number of hydrogen-bond donors (Lipinski definition) is 1. The van der Waals surface area contributed by atoms with Gasteiger partial charge in [0.05, 0.1) is 18.9 Å². The number of imide groups is 2. The van der Waals surface area contributed by atoms with Crippen LogP contribution in [0, 0.1) is 0 Å². The van der Waals surface area contributed by atoms with Gasteiger partial charge >= 0.3 is 0 Å². The molecule has 1 atom stereocenters. The van der Waals surface area contributed by atoms with Crippen LogP contribution in [-0.4, -0.2) is 46.2 Å². The number of phosphoric acid groups is 1. The molecule has 1 saturated heterocycles. The molecule has 0 aliphatic carbocycles. The monoisotopic (exact) mass is 381 g/mol. The Morgan fingerprint density at radius 1 is 1.19 bits per heavy atom. The van der Waals surface area contributed by atoms with Crippen LogP contribution in [0.3, 0.4) is 0 Å². The number of hydrogen-bond acceptors (Lipinski definition) is 9. The number of nitrogens with zero attached hydrogens (tertiary/aromatic N) is 2. The molecule has 2 aliphatic heterocycles. The molecule has 0 spiro atoms. The zero-order valence-electron chi connectivity index (χ0n) is 13.1. The predicted octanol–water partition coefficient (Wildman–Crippen LogP) is -1.81. The minimum absolute atomic E-state index is 0.0334. The van der Waals surface area contributed by atoms with E-state index in [4.69, 9.17) is 5.73 Å². The van der Waals surface area contributed by atoms with E-state index in [2.05, 4.69) is 4.52 Å². The van der Waals surface area contributed by atoms with E-state index < -0.39 is 44.2 Å². The Balaban J connectivity index is 1.88. The molecule has 3 rings (SSSR count). The van der Waals surface area contributed by atoms with Crippen molar-refractivity contribution in [1.82, 2.24) is 9.80 Å². The van der Waals surface area contributed by atoms with E-state index in [1.165, 1.54) is 18.2 Å². The lowest BCUT2D eigenvalue weighted by molar-refractivity contribution is -0.343. The van der Waals surface area contributed by atoms with Crippen LogP contribution in [0.5, 0.6) is 0 Å². The van der Waals surface area contributed by atoms with Crippen LogP contribution in [0.15, 0.2) is 18.2 Å². The van der Waals surface area contributed by atoms with Gasteiger partial charge in [0, 0.05) is 12.1 Å². The number of likely N-dealkylation sites (tertiary alicyclic amines) is 1. The molecule has 1 unspecified atom stereocenters. The molecule has 2 N–H and O–H groups in total. The fourth-order valence-corrected chi connectivity index (χ4v) is 3.19. The summed E-state index contributed by atoms with van der Waals surface area (Å²) >= 11 is 0. The normalized spacial score (nSPS) is 20.8. The highest BCUT2D eigenvalue weighted by molar-refractivity contribution is 7.43. The summed E-state index contributed by atoms with van der Waals surface area (Å²) in [6.45, 7) is -1.11. The first-order valence-electron chi connectivity index (χ1n) is 7.39. The summed E-state index contributed by atoms with van der Waals surface area (Å²) < 4.78 is 14.6. The number of nitrogen functional groups attached to an aromatic ring is 1. The molecule has 12 heteroatoms. The van der Waals surface area contributed by atoms with Gasteiger partial charge in [0.1, 0.15) is 12.8 Å². The number of rotatable bonds is 4. The van der Waals surface area contributed by atoms with E-state index in [0.717, 1.165) is 0 Å². The smallest absolute Gasteiger partial charge is 0.264 e. The molecule has 26 heavy (non-hydrogen) atoms. The number of phosphoric ester groups is 1. The third-order valence-electron chi connectivity index (χ3n) is 4.12. The Labute approximate surface area is 146 Å². The number of nitrogens with two attached hydrogens (primary N) is 1. The van der Waals surface area contributed by atoms with E-state index in [9.17, 15) is 33.5 Å². The van der Waals surface area contributed by atoms with Crippen LogP contribution < -0.4 is 15.5 Å². The number of carbonyl (C=O) groups is 4. The van der Waals surface area contributed by atoms with Gasteiger partial charge in [-0.15, -0.1) is 0 Å². The SMILES string of the molecule is Nc1cccc2c1C(=O)N(C1CCC(=O)N(COP(=O)([O-])[O-])C1=O)C2=O. The summed E-state index contributed by atoms with van der Waals surface area (Å²) in [6.07, 6.45) is -0.378. The molecule has 0 saturated carbocycles. The fourth-order valence-electron chi connectivity index (χ4n) is 2.94. The van der Waals surface area contributed by atoms with Crippen LogP contribution in [0.2, 0.25) is 0 Å². The molecule has 1 aromatic rings. The van der Waals surface area contributed by atoms with E-state index in [1.807, 2.05) is 0 Å². The Bertz CT molecular complexity index is 879. The lowest BCUT2D eigenvalue weighted by Gasteiger charge is -2.36. The Kier molecular flexibility index (Phi) is 4.41. The van der Waals surface area contributed by atoms with Gasteiger partial charge in [-0.25, -0.2) is 0 Å². The van der Waals surface area contributed by atoms with Crippen LogP contribution >= 0.6 is 7.82 Å². The van der Waals surface area contributed by atoms with Crippen molar-refractivity contribution in [2.24, 2.45) is 0 Å². The van der Waals surface area contributed by atoms with Gasteiger partial charge in [-0.1, -0.05) is 6.07 Å². The highest BCUT2D eigenvalue weighted by Crippen LogP contribution is 2.32.